The van der Waals surface area contributed by atoms with E-state index >= 15 is 0 Å². The molecule has 7 nitrogen and oxygen atoms in total. The fraction of sp³-hybridized carbons (Fsp3) is 0.632. The third-order valence-corrected chi connectivity index (χ3v) is 5.16. The average Bonchev–Trinajstić information content (AvgIpc) is 2.66. The first-order valence-corrected chi connectivity index (χ1v) is 9.28. The lowest BCUT2D eigenvalue weighted by atomic mass is 10.1. The van der Waals surface area contributed by atoms with Crippen molar-refractivity contribution in [2.24, 2.45) is 0 Å². The predicted molar refractivity (Wildman–Crippen MR) is 98.8 cm³/mol. The molecule has 0 N–H and O–H groups in total. The van der Waals surface area contributed by atoms with Gasteiger partial charge in [-0.25, -0.2) is 4.98 Å². The summed E-state index contributed by atoms with van der Waals surface area (Å²) >= 11 is 0. The van der Waals surface area contributed by atoms with E-state index in [0.717, 1.165) is 32.0 Å². The number of carbonyl (C=O) groups is 1. The molecular formula is C19H27N5O2. The van der Waals surface area contributed by atoms with Crippen LogP contribution in [-0.2, 0) is 9.53 Å². The van der Waals surface area contributed by atoms with E-state index in [1.807, 2.05) is 25.7 Å². The molecule has 2 saturated heterocycles. The highest BCUT2D eigenvalue weighted by atomic mass is 16.5. The number of aromatic nitrogens is 1. The van der Waals surface area contributed by atoms with E-state index in [1.165, 1.54) is 0 Å². The van der Waals surface area contributed by atoms with Crippen LogP contribution in [0.2, 0.25) is 0 Å². The van der Waals surface area contributed by atoms with Gasteiger partial charge in [0.05, 0.1) is 23.8 Å². The molecule has 0 saturated carbocycles. The van der Waals surface area contributed by atoms with Gasteiger partial charge in [0.1, 0.15) is 11.9 Å². The van der Waals surface area contributed by atoms with Gasteiger partial charge in [-0.2, -0.15) is 5.26 Å². The van der Waals surface area contributed by atoms with Gasteiger partial charge in [0, 0.05) is 45.5 Å². The van der Waals surface area contributed by atoms with Gasteiger partial charge < -0.3 is 14.5 Å². The van der Waals surface area contributed by atoms with Crippen LogP contribution in [0.25, 0.3) is 0 Å². The molecule has 3 unspecified atom stereocenters. The van der Waals surface area contributed by atoms with E-state index in [2.05, 4.69) is 20.9 Å². The van der Waals surface area contributed by atoms with E-state index in [0.29, 0.717) is 18.7 Å². The van der Waals surface area contributed by atoms with Crippen molar-refractivity contribution in [2.45, 2.75) is 39.0 Å². The first-order valence-electron chi connectivity index (χ1n) is 9.28. The van der Waals surface area contributed by atoms with Gasteiger partial charge in [-0.1, -0.05) is 0 Å². The molecule has 3 atom stereocenters. The monoisotopic (exact) mass is 357 g/mol. The molecule has 2 aliphatic heterocycles. The SMILES string of the molecule is CC1CN(C(=O)C(C)N2CCN(c3ncccc3C#N)CC2)CC(C)O1. The normalized spacial score (nSPS) is 25.6. The Kier molecular flexibility index (Phi) is 5.74. The average molecular weight is 357 g/mol. The van der Waals surface area contributed by atoms with E-state index in [-0.39, 0.29) is 24.2 Å². The van der Waals surface area contributed by atoms with Crippen LogP contribution in [0.15, 0.2) is 18.3 Å². The summed E-state index contributed by atoms with van der Waals surface area (Å²) in [5.41, 5.74) is 0.598. The number of anilines is 1. The molecule has 3 heterocycles. The number of pyridine rings is 1. The highest BCUT2D eigenvalue weighted by Crippen LogP contribution is 2.20. The molecule has 0 bridgehead atoms. The number of piperazine rings is 1. The summed E-state index contributed by atoms with van der Waals surface area (Å²) in [5, 5.41) is 9.26. The van der Waals surface area contributed by atoms with Crippen LogP contribution >= 0.6 is 0 Å². The van der Waals surface area contributed by atoms with Crippen LogP contribution in [0.3, 0.4) is 0 Å². The van der Waals surface area contributed by atoms with Crippen LogP contribution in [0.4, 0.5) is 5.82 Å². The number of amides is 1. The van der Waals surface area contributed by atoms with Crippen molar-refractivity contribution in [1.29, 1.82) is 5.26 Å². The number of nitrogens with zero attached hydrogens (tertiary/aromatic N) is 5. The Labute approximate surface area is 155 Å². The first-order chi connectivity index (χ1) is 12.5. The zero-order valence-corrected chi connectivity index (χ0v) is 15.8. The fourth-order valence-corrected chi connectivity index (χ4v) is 3.84. The van der Waals surface area contributed by atoms with Crippen LogP contribution in [0, 0.1) is 11.3 Å². The minimum absolute atomic E-state index is 0.0836. The van der Waals surface area contributed by atoms with Crippen LogP contribution in [-0.4, -0.2) is 78.2 Å². The predicted octanol–water partition coefficient (Wildman–Crippen LogP) is 1.10. The number of hydrogen-bond donors (Lipinski definition) is 0. The molecule has 2 fully saturated rings. The number of hydrogen-bond acceptors (Lipinski definition) is 6. The van der Waals surface area contributed by atoms with Crippen molar-refractivity contribution < 1.29 is 9.53 Å². The second-order valence-corrected chi connectivity index (χ2v) is 7.19. The molecule has 1 aromatic heterocycles. The van der Waals surface area contributed by atoms with Crippen LogP contribution in [0.1, 0.15) is 26.3 Å². The lowest BCUT2D eigenvalue weighted by Gasteiger charge is -2.41. The summed E-state index contributed by atoms with van der Waals surface area (Å²) < 4.78 is 5.73. The smallest absolute Gasteiger partial charge is 0.239 e. The maximum Gasteiger partial charge on any atom is 0.239 e. The highest BCUT2D eigenvalue weighted by molar-refractivity contribution is 5.81. The highest BCUT2D eigenvalue weighted by Gasteiger charge is 2.33. The van der Waals surface area contributed by atoms with Gasteiger partial charge in [0.15, 0.2) is 0 Å². The number of rotatable bonds is 3. The third kappa shape index (κ3) is 3.97. The third-order valence-electron chi connectivity index (χ3n) is 5.16. The van der Waals surface area contributed by atoms with Gasteiger partial charge in [-0.05, 0) is 32.9 Å². The zero-order chi connectivity index (χ0) is 18.7. The summed E-state index contributed by atoms with van der Waals surface area (Å²) in [6.45, 7) is 10.4. The Hall–Kier alpha value is -2.17. The topological polar surface area (TPSA) is 72.7 Å². The Morgan fingerprint density at radius 2 is 1.92 bits per heavy atom. The summed E-state index contributed by atoms with van der Waals surface area (Å²) in [6, 6.07) is 5.64. The Bertz CT molecular complexity index is 671. The molecule has 0 aromatic carbocycles. The molecule has 0 aliphatic carbocycles. The van der Waals surface area contributed by atoms with E-state index < -0.39 is 0 Å². The Balaban J connectivity index is 1.59. The Morgan fingerprint density at radius 3 is 2.54 bits per heavy atom. The molecule has 0 radical (unpaired) electrons. The summed E-state index contributed by atoms with van der Waals surface area (Å²) in [6.07, 6.45) is 1.88. The molecule has 26 heavy (non-hydrogen) atoms. The molecule has 0 spiro atoms. The van der Waals surface area contributed by atoms with Crippen LogP contribution < -0.4 is 4.90 Å². The number of carbonyl (C=O) groups excluding carboxylic acids is 1. The standard InChI is InChI=1S/C19H27N5O2/c1-14-12-24(13-15(2)26-14)19(25)16(3)22-7-9-23(10-8-22)18-17(11-20)5-4-6-21-18/h4-6,14-16H,7-10,12-13H2,1-3H3. The van der Waals surface area contributed by atoms with Gasteiger partial charge in [-0.3, -0.25) is 9.69 Å². The van der Waals surface area contributed by atoms with Gasteiger partial charge in [0.2, 0.25) is 5.91 Å². The minimum Gasteiger partial charge on any atom is -0.372 e. The number of morpholine rings is 1. The Morgan fingerprint density at radius 1 is 1.27 bits per heavy atom. The quantitative estimate of drug-likeness (QED) is 0.807. The maximum atomic E-state index is 12.9. The second-order valence-electron chi connectivity index (χ2n) is 7.19. The van der Waals surface area contributed by atoms with E-state index in [1.54, 1.807) is 18.3 Å². The minimum atomic E-state index is -0.145. The largest absolute Gasteiger partial charge is 0.372 e. The van der Waals surface area contributed by atoms with Crippen molar-refractivity contribution in [3.63, 3.8) is 0 Å². The van der Waals surface area contributed by atoms with Crippen LogP contribution in [0.5, 0.6) is 0 Å². The molecular weight excluding hydrogens is 330 g/mol. The van der Waals surface area contributed by atoms with E-state index in [4.69, 9.17) is 4.74 Å². The first kappa shape index (κ1) is 18.6. The summed E-state index contributed by atoms with van der Waals surface area (Å²) in [7, 11) is 0. The number of ether oxygens (including phenoxy) is 1. The molecule has 3 rings (SSSR count). The lowest BCUT2D eigenvalue weighted by molar-refractivity contribution is -0.148. The van der Waals surface area contributed by atoms with Gasteiger partial charge in [-0.15, -0.1) is 0 Å². The van der Waals surface area contributed by atoms with Gasteiger partial charge in [0.25, 0.3) is 0 Å². The molecule has 1 aromatic rings. The zero-order valence-electron chi connectivity index (χ0n) is 15.8. The fourth-order valence-electron chi connectivity index (χ4n) is 3.84. The molecule has 7 heteroatoms. The molecule has 2 aliphatic rings. The van der Waals surface area contributed by atoms with Crippen molar-refractivity contribution in [3.8, 4) is 6.07 Å². The molecule has 1 amide bonds. The van der Waals surface area contributed by atoms with E-state index in [9.17, 15) is 10.1 Å². The van der Waals surface area contributed by atoms with Crippen molar-refractivity contribution in [2.75, 3.05) is 44.2 Å². The molecule has 140 valence electrons. The van der Waals surface area contributed by atoms with Gasteiger partial charge >= 0.3 is 0 Å². The number of nitriles is 1. The van der Waals surface area contributed by atoms with Crippen molar-refractivity contribution in [3.05, 3.63) is 23.9 Å². The summed E-state index contributed by atoms with van der Waals surface area (Å²) in [5.74, 6) is 0.917. The van der Waals surface area contributed by atoms with Crippen molar-refractivity contribution >= 4 is 11.7 Å². The lowest BCUT2D eigenvalue weighted by Crippen LogP contribution is -2.57. The summed E-state index contributed by atoms with van der Waals surface area (Å²) in [4.78, 5) is 23.5. The van der Waals surface area contributed by atoms with Crippen molar-refractivity contribution in [1.82, 2.24) is 14.8 Å². The maximum absolute atomic E-state index is 12.9. The second kappa shape index (κ2) is 8.02.